The van der Waals surface area contributed by atoms with Crippen molar-refractivity contribution in [3.63, 3.8) is 0 Å². The minimum Gasteiger partial charge on any atom is -0.439 e. The van der Waals surface area contributed by atoms with Crippen molar-refractivity contribution in [2.45, 2.75) is 13.0 Å². The molecule has 0 aliphatic rings. The first-order valence-corrected chi connectivity index (χ1v) is 11.4. The van der Waals surface area contributed by atoms with Crippen molar-refractivity contribution in [2.24, 2.45) is 7.05 Å². The van der Waals surface area contributed by atoms with Crippen LogP contribution in [0.2, 0.25) is 0 Å². The minimum absolute atomic E-state index is 0.184. The van der Waals surface area contributed by atoms with Crippen molar-refractivity contribution < 1.29 is 22.7 Å². The third-order valence-corrected chi connectivity index (χ3v) is 5.00. The summed E-state index contributed by atoms with van der Waals surface area (Å²) in [6.07, 6.45) is -0.259. The van der Waals surface area contributed by atoms with Crippen molar-refractivity contribution in [2.75, 3.05) is 30.0 Å². The molecule has 0 saturated carbocycles. The number of carbonyl (C=O) groups is 1. The van der Waals surface area contributed by atoms with E-state index in [4.69, 9.17) is 9.47 Å². The summed E-state index contributed by atoms with van der Waals surface area (Å²) in [4.78, 5) is 17.0. The summed E-state index contributed by atoms with van der Waals surface area (Å²) in [5.74, 6) is 0.273. The van der Waals surface area contributed by atoms with E-state index in [9.17, 15) is 13.2 Å². The Labute approximate surface area is 185 Å². The molecule has 170 valence electrons. The van der Waals surface area contributed by atoms with Crippen LogP contribution in [-0.4, -0.2) is 54.5 Å². The quantitative estimate of drug-likeness (QED) is 0.523. The molecule has 1 amide bonds. The van der Waals surface area contributed by atoms with E-state index in [0.717, 1.165) is 11.8 Å². The van der Waals surface area contributed by atoms with Crippen molar-refractivity contribution >= 4 is 27.6 Å². The number of sulfonamides is 1. The van der Waals surface area contributed by atoms with Crippen molar-refractivity contribution in [3.05, 3.63) is 53.7 Å². The lowest BCUT2D eigenvalue weighted by molar-refractivity contribution is 0.0455. The van der Waals surface area contributed by atoms with Crippen LogP contribution in [0.15, 0.2) is 42.5 Å². The Hall–Kier alpha value is -3.51. The lowest BCUT2D eigenvalue weighted by Crippen LogP contribution is -2.22. The summed E-state index contributed by atoms with van der Waals surface area (Å²) in [6.45, 7) is 1.84. The van der Waals surface area contributed by atoms with Gasteiger partial charge in [-0.3, -0.25) is 10.0 Å². The molecule has 0 aliphatic heterocycles. The highest BCUT2D eigenvalue weighted by atomic mass is 32.2. The van der Waals surface area contributed by atoms with E-state index in [1.54, 1.807) is 26.1 Å². The summed E-state index contributed by atoms with van der Waals surface area (Å²) in [6, 6.07) is 12.4. The number of pyridine rings is 1. The molecule has 2 heterocycles. The highest BCUT2D eigenvalue weighted by Crippen LogP contribution is 2.27. The van der Waals surface area contributed by atoms with Crippen LogP contribution in [0, 0.1) is 6.92 Å². The van der Waals surface area contributed by atoms with Gasteiger partial charge < -0.3 is 9.47 Å². The van der Waals surface area contributed by atoms with Gasteiger partial charge in [-0.2, -0.15) is 0 Å². The Kier molecular flexibility index (Phi) is 7.05. The number of aryl methyl sites for hydroxylation is 2. The van der Waals surface area contributed by atoms with Crippen LogP contribution in [0.25, 0.3) is 11.4 Å². The predicted octanol–water partition coefficient (Wildman–Crippen LogP) is 2.49. The maximum atomic E-state index is 12.6. The van der Waals surface area contributed by atoms with Crippen LogP contribution < -0.4 is 10.0 Å². The fourth-order valence-corrected chi connectivity index (χ4v) is 3.56. The summed E-state index contributed by atoms with van der Waals surface area (Å²) in [5.41, 5.74) is 2.29. The lowest BCUT2D eigenvalue weighted by Gasteiger charge is -2.18. The van der Waals surface area contributed by atoms with Crippen LogP contribution in [0.1, 0.15) is 17.4 Å². The fourth-order valence-electron chi connectivity index (χ4n) is 2.94. The number of nitrogens with one attached hydrogen (secondary N) is 2. The number of amides is 1. The Morgan fingerprint density at radius 3 is 2.53 bits per heavy atom. The molecule has 32 heavy (non-hydrogen) atoms. The van der Waals surface area contributed by atoms with Crippen LogP contribution in [0.3, 0.4) is 0 Å². The second-order valence-corrected chi connectivity index (χ2v) is 8.75. The van der Waals surface area contributed by atoms with Gasteiger partial charge in [-0.05, 0) is 24.6 Å². The Morgan fingerprint density at radius 2 is 1.91 bits per heavy atom. The Morgan fingerprint density at radius 1 is 1.19 bits per heavy atom. The van der Waals surface area contributed by atoms with E-state index in [1.807, 2.05) is 30.3 Å². The first kappa shape index (κ1) is 23.2. The van der Waals surface area contributed by atoms with Crippen LogP contribution in [-0.2, 0) is 26.5 Å². The number of benzene rings is 1. The number of carbonyl (C=O) groups excluding carboxylic acids is 1. The maximum Gasteiger partial charge on any atom is 0.413 e. The lowest BCUT2D eigenvalue weighted by atomic mass is 10.1. The van der Waals surface area contributed by atoms with Gasteiger partial charge in [0.25, 0.3) is 0 Å². The van der Waals surface area contributed by atoms with Gasteiger partial charge in [0, 0.05) is 14.2 Å². The average Bonchev–Trinajstić information content (AvgIpc) is 3.09. The summed E-state index contributed by atoms with van der Waals surface area (Å²) < 4.78 is 37.5. The predicted molar refractivity (Wildman–Crippen MR) is 119 cm³/mol. The zero-order valence-electron chi connectivity index (χ0n) is 18.1. The summed E-state index contributed by atoms with van der Waals surface area (Å²) in [7, 11) is -0.304. The third-order valence-electron chi connectivity index (χ3n) is 4.41. The second-order valence-electron chi connectivity index (χ2n) is 7.00. The molecule has 0 bridgehead atoms. The molecule has 11 nitrogen and oxygen atoms in total. The molecule has 3 aromatic rings. The normalized spacial score (nSPS) is 12.2. The van der Waals surface area contributed by atoms with E-state index < -0.39 is 22.2 Å². The van der Waals surface area contributed by atoms with Gasteiger partial charge in [-0.1, -0.05) is 35.5 Å². The summed E-state index contributed by atoms with van der Waals surface area (Å²) in [5, 5.41) is 10.7. The SMILES string of the molecule is COCC(OC(=O)Nc1c(-c2ccc(NS(C)(=O)=O)c(C)n2)nnn1C)c1ccccc1. The monoisotopic (exact) mass is 460 g/mol. The van der Waals surface area contributed by atoms with Gasteiger partial charge in [-0.25, -0.2) is 22.9 Å². The largest absolute Gasteiger partial charge is 0.439 e. The average molecular weight is 461 g/mol. The number of hydrogen-bond donors (Lipinski definition) is 2. The number of rotatable bonds is 8. The standard InChI is InChI=1S/C20H24N6O5S/c1-13-15(24-32(4,28)29)10-11-16(21-13)18-19(26(2)25-23-18)22-20(27)31-17(12-30-3)14-8-6-5-7-9-14/h5-11,17,24H,12H2,1-4H3,(H,22,27). The van der Waals surface area contributed by atoms with Gasteiger partial charge in [0.2, 0.25) is 10.0 Å². The zero-order valence-corrected chi connectivity index (χ0v) is 18.9. The molecule has 0 spiro atoms. The number of methoxy groups -OCH3 is 1. The molecule has 0 saturated heterocycles. The molecule has 2 aromatic heterocycles. The molecule has 0 aliphatic carbocycles. The molecule has 3 rings (SSSR count). The van der Waals surface area contributed by atoms with E-state index in [2.05, 4.69) is 25.3 Å². The fraction of sp³-hybridized carbons (Fsp3) is 0.300. The van der Waals surface area contributed by atoms with Gasteiger partial charge in [-0.15, -0.1) is 5.10 Å². The Bertz CT molecular complexity index is 1200. The topological polar surface area (TPSA) is 137 Å². The van der Waals surface area contributed by atoms with E-state index >= 15 is 0 Å². The van der Waals surface area contributed by atoms with Crippen molar-refractivity contribution in [3.8, 4) is 11.4 Å². The highest BCUT2D eigenvalue weighted by Gasteiger charge is 2.21. The van der Waals surface area contributed by atoms with Gasteiger partial charge >= 0.3 is 6.09 Å². The summed E-state index contributed by atoms with van der Waals surface area (Å²) >= 11 is 0. The molecular weight excluding hydrogens is 436 g/mol. The van der Waals surface area contributed by atoms with Crippen molar-refractivity contribution in [1.82, 2.24) is 20.0 Å². The maximum absolute atomic E-state index is 12.6. The number of nitrogens with zero attached hydrogens (tertiary/aromatic N) is 4. The Balaban J connectivity index is 1.81. The molecule has 0 radical (unpaired) electrons. The molecular formula is C20H24N6O5S. The zero-order chi connectivity index (χ0) is 23.3. The molecule has 12 heteroatoms. The number of aromatic nitrogens is 4. The highest BCUT2D eigenvalue weighted by molar-refractivity contribution is 7.92. The van der Waals surface area contributed by atoms with E-state index in [1.165, 1.54) is 11.8 Å². The second kappa shape index (κ2) is 9.75. The molecule has 1 unspecified atom stereocenters. The number of anilines is 2. The number of hydrogen-bond acceptors (Lipinski definition) is 8. The van der Waals surface area contributed by atoms with Gasteiger partial charge in [0.05, 0.1) is 29.9 Å². The number of ether oxygens (including phenoxy) is 2. The first-order chi connectivity index (χ1) is 15.2. The van der Waals surface area contributed by atoms with Crippen LogP contribution >= 0.6 is 0 Å². The first-order valence-electron chi connectivity index (χ1n) is 9.55. The molecule has 0 fully saturated rings. The smallest absolute Gasteiger partial charge is 0.413 e. The molecule has 1 aromatic carbocycles. The van der Waals surface area contributed by atoms with E-state index in [-0.39, 0.29) is 12.4 Å². The van der Waals surface area contributed by atoms with Crippen LogP contribution in [0.5, 0.6) is 0 Å². The van der Waals surface area contributed by atoms with E-state index in [0.29, 0.717) is 22.8 Å². The molecule has 2 N–H and O–H groups in total. The van der Waals surface area contributed by atoms with Gasteiger partial charge in [0.1, 0.15) is 0 Å². The van der Waals surface area contributed by atoms with Gasteiger partial charge in [0.15, 0.2) is 17.6 Å². The minimum atomic E-state index is -3.44. The molecule has 1 atom stereocenters. The van der Waals surface area contributed by atoms with Crippen molar-refractivity contribution in [1.29, 1.82) is 0 Å². The van der Waals surface area contributed by atoms with Crippen LogP contribution in [0.4, 0.5) is 16.3 Å². The third kappa shape index (κ3) is 5.80.